The van der Waals surface area contributed by atoms with Gasteiger partial charge in [0.2, 0.25) is 11.8 Å². The van der Waals surface area contributed by atoms with Crippen molar-refractivity contribution in [3.05, 3.63) is 53.2 Å². The number of imide groups is 1. The second kappa shape index (κ2) is 8.55. The molecule has 1 N–H and O–H groups in total. The minimum Gasteiger partial charge on any atom is -0.336 e. The van der Waals surface area contributed by atoms with Crippen molar-refractivity contribution >= 4 is 28.8 Å². The van der Waals surface area contributed by atoms with E-state index in [0.717, 1.165) is 29.0 Å². The third-order valence-electron chi connectivity index (χ3n) is 8.23. The quantitative estimate of drug-likeness (QED) is 0.573. The van der Waals surface area contributed by atoms with Gasteiger partial charge in [-0.1, -0.05) is 6.07 Å². The van der Waals surface area contributed by atoms with Crippen molar-refractivity contribution in [1.82, 2.24) is 24.7 Å². The second-order valence-electron chi connectivity index (χ2n) is 10.6. The van der Waals surface area contributed by atoms with Gasteiger partial charge in [0.25, 0.3) is 5.91 Å². The molecule has 2 aromatic heterocycles. The number of nitrogens with one attached hydrogen (secondary N) is 1. The molecule has 0 radical (unpaired) electrons. The summed E-state index contributed by atoms with van der Waals surface area (Å²) < 4.78 is 2.06. The Labute approximate surface area is 210 Å². The highest BCUT2D eigenvalue weighted by Gasteiger charge is 2.39. The number of benzene rings is 1. The average molecular weight is 486 g/mol. The van der Waals surface area contributed by atoms with Crippen LogP contribution in [0.3, 0.4) is 0 Å². The van der Waals surface area contributed by atoms with E-state index < -0.39 is 11.9 Å². The molecule has 3 aliphatic heterocycles. The summed E-state index contributed by atoms with van der Waals surface area (Å²) in [5, 5.41) is 3.54. The molecule has 0 spiro atoms. The van der Waals surface area contributed by atoms with E-state index in [1.165, 1.54) is 23.8 Å². The SMILES string of the molecule is C[C@H]1CC[C@H](C)N1Cc1cc(-c2ccc3c(c2)CN(C2CCC(=O)NC2=O)C3=O)nc2c1ccn2C. The standard InChI is InChI=1S/C28H31N5O3/c1-16-4-5-17(2)32(16)14-20-13-23(29-26-21(20)10-11-31(26)3)18-6-7-22-19(12-18)15-33(28(22)36)24-8-9-25(34)30-27(24)35/h6-7,10-13,16-17,24H,4-5,8-9,14-15H2,1-3H3,(H,30,34,35)/t16-,17-,24?/m0/s1. The molecule has 8 heteroatoms. The van der Waals surface area contributed by atoms with Crippen LogP contribution in [0.5, 0.6) is 0 Å². The predicted molar refractivity (Wildman–Crippen MR) is 136 cm³/mol. The fourth-order valence-electron chi connectivity index (χ4n) is 6.07. The largest absolute Gasteiger partial charge is 0.336 e. The molecule has 36 heavy (non-hydrogen) atoms. The number of hydrogen-bond donors (Lipinski definition) is 1. The smallest absolute Gasteiger partial charge is 0.255 e. The van der Waals surface area contributed by atoms with Gasteiger partial charge in [-0.2, -0.15) is 0 Å². The van der Waals surface area contributed by atoms with Crippen LogP contribution in [-0.2, 0) is 29.7 Å². The number of hydrogen-bond acceptors (Lipinski definition) is 5. The van der Waals surface area contributed by atoms with Crippen LogP contribution in [0.1, 0.15) is 61.0 Å². The van der Waals surface area contributed by atoms with Crippen molar-refractivity contribution in [2.24, 2.45) is 7.05 Å². The minimum atomic E-state index is -0.611. The van der Waals surface area contributed by atoms with E-state index in [0.29, 0.717) is 30.6 Å². The molecule has 3 amide bonds. The van der Waals surface area contributed by atoms with Crippen LogP contribution < -0.4 is 5.32 Å². The summed E-state index contributed by atoms with van der Waals surface area (Å²) in [7, 11) is 2.02. The van der Waals surface area contributed by atoms with Crippen molar-refractivity contribution in [1.29, 1.82) is 0 Å². The molecule has 1 aromatic carbocycles. The van der Waals surface area contributed by atoms with E-state index >= 15 is 0 Å². The molecule has 0 bridgehead atoms. The lowest BCUT2D eigenvalue weighted by Crippen LogP contribution is -2.52. The number of carbonyl (C=O) groups is 3. The van der Waals surface area contributed by atoms with Gasteiger partial charge in [0.05, 0.1) is 5.69 Å². The molecule has 0 aliphatic carbocycles. The van der Waals surface area contributed by atoms with E-state index in [4.69, 9.17) is 4.98 Å². The first-order valence-corrected chi connectivity index (χ1v) is 12.8. The molecular weight excluding hydrogens is 454 g/mol. The number of fused-ring (bicyclic) bond motifs is 2. The molecule has 5 heterocycles. The number of likely N-dealkylation sites (tertiary alicyclic amines) is 1. The van der Waals surface area contributed by atoms with E-state index in [-0.39, 0.29) is 18.2 Å². The molecule has 8 nitrogen and oxygen atoms in total. The predicted octanol–water partition coefficient (Wildman–Crippen LogP) is 3.37. The highest BCUT2D eigenvalue weighted by molar-refractivity contribution is 6.05. The van der Waals surface area contributed by atoms with Crippen LogP contribution in [0.15, 0.2) is 36.5 Å². The van der Waals surface area contributed by atoms with Crippen molar-refractivity contribution in [2.75, 3.05) is 0 Å². The van der Waals surface area contributed by atoms with Crippen molar-refractivity contribution in [2.45, 2.75) is 70.7 Å². The zero-order valence-corrected chi connectivity index (χ0v) is 21.0. The zero-order valence-electron chi connectivity index (χ0n) is 21.0. The molecule has 3 aromatic rings. The van der Waals surface area contributed by atoms with Gasteiger partial charge < -0.3 is 9.47 Å². The fraction of sp³-hybridized carbons (Fsp3) is 0.429. The Hall–Kier alpha value is -3.52. The lowest BCUT2D eigenvalue weighted by atomic mass is 10.0. The average Bonchev–Trinajstić information content (AvgIpc) is 3.50. The monoisotopic (exact) mass is 485 g/mol. The first-order chi connectivity index (χ1) is 17.3. The number of pyridine rings is 1. The minimum absolute atomic E-state index is 0.158. The molecule has 186 valence electrons. The summed E-state index contributed by atoms with van der Waals surface area (Å²) in [6.07, 6.45) is 5.11. The normalized spacial score (nSPS) is 24.6. The van der Waals surface area contributed by atoms with E-state index in [1.54, 1.807) is 4.90 Å². The Balaban J connectivity index is 1.34. The van der Waals surface area contributed by atoms with Crippen molar-refractivity contribution in [3.8, 4) is 11.3 Å². The summed E-state index contributed by atoms with van der Waals surface area (Å²) >= 11 is 0. The number of aryl methyl sites for hydroxylation is 1. The summed E-state index contributed by atoms with van der Waals surface area (Å²) in [5.41, 5.74) is 5.55. The van der Waals surface area contributed by atoms with Gasteiger partial charge in [-0.15, -0.1) is 0 Å². The first-order valence-electron chi connectivity index (χ1n) is 12.8. The molecule has 2 fully saturated rings. The molecule has 3 atom stereocenters. The molecule has 1 unspecified atom stereocenters. The van der Waals surface area contributed by atoms with Gasteiger partial charge in [0.15, 0.2) is 0 Å². The maximum Gasteiger partial charge on any atom is 0.255 e. The van der Waals surface area contributed by atoms with Gasteiger partial charge in [-0.25, -0.2) is 4.98 Å². The molecule has 0 saturated carbocycles. The van der Waals surface area contributed by atoms with Crippen LogP contribution in [0.4, 0.5) is 0 Å². The Bertz CT molecular complexity index is 1400. The van der Waals surface area contributed by atoms with Crippen LogP contribution in [0.2, 0.25) is 0 Å². The third-order valence-corrected chi connectivity index (χ3v) is 8.23. The number of aromatic nitrogens is 2. The highest BCUT2D eigenvalue weighted by Crippen LogP contribution is 2.34. The van der Waals surface area contributed by atoms with Gasteiger partial charge in [0, 0.05) is 61.4 Å². The van der Waals surface area contributed by atoms with E-state index in [2.05, 4.69) is 47.0 Å². The molecule has 2 saturated heterocycles. The maximum absolute atomic E-state index is 13.1. The Kier molecular flexibility index (Phi) is 5.44. The maximum atomic E-state index is 13.1. The van der Waals surface area contributed by atoms with Crippen LogP contribution in [0, 0.1) is 0 Å². The summed E-state index contributed by atoms with van der Waals surface area (Å²) in [6.45, 7) is 5.85. The summed E-state index contributed by atoms with van der Waals surface area (Å²) in [6, 6.07) is 10.7. The fourth-order valence-corrected chi connectivity index (χ4v) is 6.07. The van der Waals surface area contributed by atoms with Crippen molar-refractivity contribution in [3.63, 3.8) is 0 Å². The topological polar surface area (TPSA) is 87.5 Å². The zero-order chi connectivity index (χ0) is 25.1. The van der Waals surface area contributed by atoms with E-state index in [1.807, 2.05) is 25.2 Å². The Morgan fingerprint density at radius 3 is 2.56 bits per heavy atom. The van der Waals surface area contributed by atoms with E-state index in [9.17, 15) is 14.4 Å². The van der Waals surface area contributed by atoms with Crippen LogP contribution >= 0.6 is 0 Å². The number of piperidine rings is 1. The van der Waals surface area contributed by atoms with Gasteiger partial charge in [-0.05, 0) is 68.5 Å². The van der Waals surface area contributed by atoms with Gasteiger partial charge in [0.1, 0.15) is 11.7 Å². The van der Waals surface area contributed by atoms with Gasteiger partial charge >= 0.3 is 0 Å². The third kappa shape index (κ3) is 3.71. The lowest BCUT2D eigenvalue weighted by Gasteiger charge is -2.29. The number of nitrogens with zero attached hydrogens (tertiary/aromatic N) is 4. The summed E-state index contributed by atoms with van der Waals surface area (Å²) in [4.78, 5) is 46.2. The second-order valence-corrected chi connectivity index (χ2v) is 10.6. The Morgan fingerprint density at radius 1 is 1.03 bits per heavy atom. The number of carbonyl (C=O) groups excluding carboxylic acids is 3. The van der Waals surface area contributed by atoms with Crippen LogP contribution in [0.25, 0.3) is 22.3 Å². The van der Waals surface area contributed by atoms with Crippen LogP contribution in [-0.4, -0.2) is 55.2 Å². The number of rotatable bonds is 4. The van der Waals surface area contributed by atoms with Gasteiger partial charge in [-0.3, -0.25) is 24.6 Å². The first kappa shape index (κ1) is 22.9. The number of amides is 3. The molecule has 3 aliphatic rings. The summed E-state index contributed by atoms with van der Waals surface area (Å²) in [5.74, 6) is -0.827. The molecular formula is C28H31N5O3. The molecule has 6 rings (SSSR count). The Morgan fingerprint density at radius 2 is 1.81 bits per heavy atom. The van der Waals surface area contributed by atoms with Crippen molar-refractivity contribution < 1.29 is 14.4 Å². The lowest BCUT2D eigenvalue weighted by molar-refractivity contribution is -0.136. The highest BCUT2D eigenvalue weighted by atomic mass is 16.2.